The molecule has 4 nitrogen and oxygen atoms in total. The van der Waals surface area contributed by atoms with Gasteiger partial charge in [-0.3, -0.25) is 0 Å². The molecule has 1 aliphatic rings. The quantitative estimate of drug-likeness (QED) is 0.829. The van der Waals surface area contributed by atoms with Crippen LogP contribution in [0.25, 0.3) is 0 Å². The summed E-state index contributed by atoms with van der Waals surface area (Å²) in [6.07, 6.45) is 9.16. The van der Waals surface area contributed by atoms with Gasteiger partial charge in [0.2, 0.25) is 0 Å². The van der Waals surface area contributed by atoms with Crippen molar-refractivity contribution in [3.05, 3.63) is 17.7 Å². The molecule has 1 saturated carbocycles. The average Bonchev–Trinajstić information content (AvgIpc) is 2.74. The van der Waals surface area contributed by atoms with E-state index in [1.807, 2.05) is 13.3 Å². The molecular weight excluding hydrogens is 250 g/mol. The number of nitrogens with one attached hydrogen (secondary N) is 2. The molecule has 1 aromatic rings. The minimum Gasteiger partial charge on any atom is -0.370 e. The Hall–Kier alpha value is -0.870. The molecule has 1 fully saturated rings. The van der Waals surface area contributed by atoms with Gasteiger partial charge in [0.05, 0.1) is 0 Å². The molecular formula is C16H29N3O. The summed E-state index contributed by atoms with van der Waals surface area (Å²) in [7, 11) is 1.82. The van der Waals surface area contributed by atoms with Crippen LogP contribution in [0, 0.1) is 0 Å². The first-order valence-corrected chi connectivity index (χ1v) is 7.80. The lowest BCUT2D eigenvalue weighted by Gasteiger charge is -2.29. The van der Waals surface area contributed by atoms with Gasteiger partial charge in [-0.05, 0) is 33.6 Å². The Bertz CT molecular complexity index is 412. The van der Waals surface area contributed by atoms with E-state index in [1.54, 1.807) is 0 Å². The van der Waals surface area contributed by atoms with Crippen LogP contribution in [0.1, 0.15) is 70.8 Å². The van der Waals surface area contributed by atoms with Crippen molar-refractivity contribution in [3.8, 4) is 0 Å². The molecule has 0 spiro atoms. The second-order valence-corrected chi connectivity index (χ2v) is 6.97. The summed E-state index contributed by atoms with van der Waals surface area (Å²) >= 11 is 0. The van der Waals surface area contributed by atoms with Crippen molar-refractivity contribution in [2.75, 3.05) is 7.11 Å². The van der Waals surface area contributed by atoms with Crippen molar-refractivity contribution >= 4 is 0 Å². The largest absolute Gasteiger partial charge is 0.370 e. The van der Waals surface area contributed by atoms with Gasteiger partial charge in [-0.15, -0.1) is 0 Å². The topological polar surface area (TPSA) is 49.9 Å². The molecule has 1 heterocycles. The third-order valence-electron chi connectivity index (χ3n) is 4.17. The van der Waals surface area contributed by atoms with E-state index in [2.05, 4.69) is 36.1 Å². The van der Waals surface area contributed by atoms with Gasteiger partial charge in [0, 0.05) is 31.1 Å². The van der Waals surface area contributed by atoms with Gasteiger partial charge in [-0.1, -0.05) is 25.7 Å². The second-order valence-electron chi connectivity index (χ2n) is 6.97. The van der Waals surface area contributed by atoms with Crippen LogP contribution in [0.5, 0.6) is 0 Å². The summed E-state index contributed by atoms with van der Waals surface area (Å²) in [5.41, 5.74) is 1.05. The number of ether oxygens (including phenoxy) is 1. The molecule has 0 atom stereocenters. The zero-order valence-corrected chi connectivity index (χ0v) is 13.4. The fourth-order valence-electron chi connectivity index (χ4n) is 2.88. The van der Waals surface area contributed by atoms with E-state index in [-0.39, 0.29) is 11.1 Å². The SMILES string of the molecule is COC1(c2ncc(CNC(C)(C)C)[nH]2)CCCCCC1. The maximum Gasteiger partial charge on any atom is 0.138 e. The normalized spacial score (nSPS) is 19.8. The van der Waals surface area contributed by atoms with Gasteiger partial charge in [-0.25, -0.2) is 4.98 Å². The zero-order chi connectivity index (χ0) is 14.6. The summed E-state index contributed by atoms with van der Waals surface area (Å²) in [5, 5.41) is 3.49. The number of H-pyrrole nitrogens is 1. The standard InChI is InChI=1S/C16H29N3O/c1-15(2,3)18-12-13-11-17-14(19-13)16(20-4)9-7-5-6-8-10-16/h11,18H,5-10,12H2,1-4H3,(H,17,19). The highest BCUT2D eigenvalue weighted by Crippen LogP contribution is 2.37. The van der Waals surface area contributed by atoms with Crippen molar-refractivity contribution in [2.24, 2.45) is 0 Å². The minimum atomic E-state index is -0.198. The number of hydrogen-bond donors (Lipinski definition) is 2. The van der Waals surface area contributed by atoms with Crippen LogP contribution in [0.2, 0.25) is 0 Å². The van der Waals surface area contributed by atoms with E-state index < -0.39 is 0 Å². The highest BCUT2D eigenvalue weighted by atomic mass is 16.5. The Kier molecular flexibility index (Phi) is 4.86. The molecule has 0 bridgehead atoms. The van der Waals surface area contributed by atoms with Gasteiger partial charge in [0.25, 0.3) is 0 Å². The van der Waals surface area contributed by atoms with Crippen LogP contribution in [-0.4, -0.2) is 22.6 Å². The van der Waals surface area contributed by atoms with Gasteiger partial charge < -0.3 is 15.0 Å². The lowest BCUT2D eigenvalue weighted by atomic mass is 9.93. The highest BCUT2D eigenvalue weighted by molar-refractivity contribution is 5.10. The number of methoxy groups -OCH3 is 1. The number of aromatic amines is 1. The van der Waals surface area contributed by atoms with Gasteiger partial charge in [0.15, 0.2) is 0 Å². The molecule has 0 saturated heterocycles. The Morgan fingerprint density at radius 3 is 2.45 bits per heavy atom. The Balaban J connectivity index is 2.09. The third kappa shape index (κ3) is 3.83. The van der Waals surface area contributed by atoms with Crippen LogP contribution in [-0.2, 0) is 16.9 Å². The molecule has 1 aromatic heterocycles. The molecule has 0 unspecified atom stereocenters. The van der Waals surface area contributed by atoms with E-state index in [0.717, 1.165) is 30.9 Å². The monoisotopic (exact) mass is 279 g/mol. The molecule has 2 rings (SSSR count). The van der Waals surface area contributed by atoms with Gasteiger partial charge in [0.1, 0.15) is 11.4 Å². The first kappa shape index (κ1) is 15.5. The van der Waals surface area contributed by atoms with Crippen LogP contribution >= 0.6 is 0 Å². The minimum absolute atomic E-state index is 0.118. The Morgan fingerprint density at radius 1 is 1.25 bits per heavy atom. The van der Waals surface area contributed by atoms with E-state index in [9.17, 15) is 0 Å². The average molecular weight is 279 g/mol. The summed E-state index contributed by atoms with van der Waals surface area (Å²) < 4.78 is 5.89. The highest BCUT2D eigenvalue weighted by Gasteiger charge is 2.35. The molecule has 20 heavy (non-hydrogen) atoms. The molecule has 0 aliphatic heterocycles. The first-order chi connectivity index (χ1) is 9.45. The van der Waals surface area contributed by atoms with Gasteiger partial charge >= 0.3 is 0 Å². The fourth-order valence-corrected chi connectivity index (χ4v) is 2.88. The van der Waals surface area contributed by atoms with E-state index in [1.165, 1.54) is 25.7 Å². The molecule has 0 amide bonds. The van der Waals surface area contributed by atoms with E-state index >= 15 is 0 Å². The van der Waals surface area contributed by atoms with Gasteiger partial charge in [-0.2, -0.15) is 0 Å². The van der Waals surface area contributed by atoms with Crippen molar-refractivity contribution in [1.29, 1.82) is 0 Å². The Labute approximate surface area is 122 Å². The lowest BCUT2D eigenvalue weighted by molar-refractivity contribution is -0.0345. The van der Waals surface area contributed by atoms with Crippen molar-refractivity contribution in [3.63, 3.8) is 0 Å². The predicted octanol–water partition coefficient (Wildman–Crippen LogP) is 3.49. The van der Waals surface area contributed by atoms with Crippen LogP contribution in [0.4, 0.5) is 0 Å². The number of hydrogen-bond acceptors (Lipinski definition) is 3. The van der Waals surface area contributed by atoms with E-state index in [0.29, 0.717) is 0 Å². The van der Waals surface area contributed by atoms with E-state index in [4.69, 9.17) is 4.74 Å². The smallest absolute Gasteiger partial charge is 0.138 e. The maximum absolute atomic E-state index is 5.89. The first-order valence-electron chi connectivity index (χ1n) is 7.80. The summed E-state index contributed by atoms with van der Waals surface area (Å²) in [5.74, 6) is 1.01. The summed E-state index contributed by atoms with van der Waals surface area (Å²) in [6, 6.07) is 0. The predicted molar refractivity (Wildman–Crippen MR) is 81.6 cm³/mol. The summed E-state index contributed by atoms with van der Waals surface area (Å²) in [4.78, 5) is 8.08. The zero-order valence-electron chi connectivity index (χ0n) is 13.4. The van der Waals surface area contributed by atoms with Crippen LogP contribution in [0.3, 0.4) is 0 Å². The maximum atomic E-state index is 5.89. The van der Waals surface area contributed by atoms with Crippen LogP contribution < -0.4 is 5.32 Å². The summed E-state index contributed by atoms with van der Waals surface area (Å²) in [6.45, 7) is 7.33. The fraction of sp³-hybridized carbons (Fsp3) is 0.812. The van der Waals surface area contributed by atoms with Crippen molar-refractivity contribution < 1.29 is 4.74 Å². The second kappa shape index (κ2) is 6.27. The third-order valence-corrected chi connectivity index (χ3v) is 4.17. The van der Waals surface area contributed by atoms with Crippen molar-refractivity contribution in [1.82, 2.24) is 15.3 Å². The number of aromatic nitrogens is 2. The molecule has 114 valence electrons. The number of imidazole rings is 1. The molecule has 1 aliphatic carbocycles. The molecule has 4 heteroatoms. The molecule has 2 N–H and O–H groups in total. The Morgan fingerprint density at radius 2 is 1.90 bits per heavy atom. The molecule has 0 aromatic carbocycles. The lowest BCUT2D eigenvalue weighted by Crippen LogP contribution is -2.35. The number of nitrogens with zero attached hydrogens (tertiary/aromatic N) is 1. The number of rotatable bonds is 4. The van der Waals surface area contributed by atoms with Crippen LogP contribution in [0.15, 0.2) is 6.20 Å². The van der Waals surface area contributed by atoms with Crippen molar-refractivity contribution in [2.45, 2.75) is 77.0 Å². The molecule has 0 radical (unpaired) electrons.